The molecule has 1 unspecified atom stereocenters. The van der Waals surface area contributed by atoms with Gasteiger partial charge in [-0.25, -0.2) is 9.97 Å². The summed E-state index contributed by atoms with van der Waals surface area (Å²) >= 11 is 0. The summed E-state index contributed by atoms with van der Waals surface area (Å²) in [6.07, 6.45) is 4.52. The van der Waals surface area contributed by atoms with E-state index in [1.54, 1.807) is 0 Å². The molecule has 1 aromatic rings. The molecule has 0 aliphatic carbocycles. The number of nitrogens with zero attached hydrogens (tertiary/aromatic N) is 3. The molecule has 1 saturated heterocycles. The largest absolute Gasteiger partial charge is 0.394 e. The molecular formula is C15H26N4O2. The lowest BCUT2D eigenvalue weighted by molar-refractivity contribution is 0.128. The highest BCUT2D eigenvalue weighted by Gasteiger charge is 2.22. The maximum Gasteiger partial charge on any atom is 0.158 e. The lowest BCUT2D eigenvalue weighted by atomic mass is 10.1. The summed E-state index contributed by atoms with van der Waals surface area (Å²) in [7, 11) is 1.85. The Balaban J connectivity index is 2.26. The number of aliphatic hydroxyl groups is 1. The monoisotopic (exact) mass is 294 g/mol. The predicted octanol–water partition coefficient (Wildman–Crippen LogP) is 1.80. The fourth-order valence-electron chi connectivity index (χ4n) is 2.68. The van der Waals surface area contributed by atoms with Gasteiger partial charge in [-0.3, -0.25) is 0 Å². The summed E-state index contributed by atoms with van der Waals surface area (Å²) < 4.78 is 5.42. The van der Waals surface area contributed by atoms with E-state index in [1.165, 1.54) is 6.42 Å². The van der Waals surface area contributed by atoms with Crippen molar-refractivity contribution in [1.82, 2.24) is 9.97 Å². The molecule has 1 atom stereocenters. The van der Waals surface area contributed by atoms with Crippen molar-refractivity contribution in [2.75, 3.05) is 37.0 Å². The van der Waals surface area contributed by atoms with E-state index in [0.717, 1.165) is 37.4 Å². The second kappa shape index (κ2) is 8.14. The predicted molar refractivity (Wildman–Crippen MR) is 83.6 cm³/mol. The summed E-state index contributed by atoms with van der Waals surface area (Å²) in [5.74, 6) is 2.35. The molecule has 2 rings (SSSR count). The Labute approximate surface area is 126 Å². The van der Waals surface area contributed by atoms with Crippen molar-refractivity contribution in [1.29, 1.82) is 0 Å². The van der Waals surface area contributed by atoms with Crippen molar-refractivity contribution >= 4 is 11.6 Å². The summed E-state index contributed by atoms with van der Waals surface area (Å²) in [5.41, 5.74) is 0. The van der Waals surface area contributed by atoms with Gasteiger partial charge in [0.25, 0.3) is 0 Å². The van der Waals surface area contributed by atoms with Crippen LogP contribution in [0.3, 0.4) is 0 Å². The van der Waals surface area contributed by atoms with Gasteiger partial charge in [-0.1, -0.05) is 12.8 Å². The number of nitrogens with one attached hydrogen (secondary N) is 1. The Morgan fingerprint density at radius 1 is 1.38 bits per heavy atom. The Bertz CT molecular complexity index is 442. The third-order valence-electron chi connectivity index (χ3n) is 3.83. The molecule has 2 N–H and O–H groups in total. The lowest BCUT2D eigenvalue weighted by Crippen LogP contribution is -2.38. The minimum Gasteiger partial charge on any atom is -0.394 e. The number of hydrogen-bond acceptors (Lipinski definition) is 6. The minimum atomic E-state index is 0.145. The molecule has 0 saturated carbocycles. The Kier molecular flexibility index (Phi) is 6.20. The first-order valence-corrected chi connectivity index (χ1v) is 7.79. The summed E-state index contributed by atoms with van der Waals surface area (Å²) in [6.45, 7) is 4.11. The van der Waals surface area contributed by atoms with Crippen molar-refractivity contribution in [2.45, 2.75) is 45.3 Å². The zero-order valence-corrected chi connectivity index (χ0v) is 13.0. The second-order valence-electron chi connectivity index (χ2n) is 5.29. The summed E-state index contributed by atoms with van der Waals surface area (Å²) in [6, 6.07) is 2.09. The van der Waals surface area contributed by atoms with Gasteiger partial charge < -0.3 is 20.1 Å². The highest BCUT2D eigenvalue weighted by atomic mass is 16.5. The van der Waals surface area contributed by atoms with E-state index in [-0.39, 0.29) is 12.6 Å². The van der Waals surface area contributed by atoms with Gasteiger partial charge in [-0.05, 0) is 19.8 Å². The smallest absolute Gasteiger partial charge is 0.158 e. The highest BCUT2D eigenvalue weighted by Crippen LogP contribution is 2.24. The van der Waals surface area contributed by atoms with Crippen molar-refractivity contribution in [3.05, 3.63) is 11.9 Å². The zero-order valence-electron chi connectivity index (χ0n) is 13.0. The van der Waals surface area contributed by atoms with Crippen LogP contribution in [0, 0.1) is 0 Å². The first kappa shape index (κ1) is 16.0. The summed E-state index contributed by atoms with van der Waals surface area (Å²) in [4.78, 5) is 11.3. The van der Waals surface area contributed by atoms with Crippen LogP contribution in [0.4, 0.5) is 11.6 Å². The number of aliphatic hydroxyl groups excluding tert-OH is 1. The van der Waals surface area contributed by atoms with Crippen LogP contribution in [0.2, 0.25) is 0 Å². The van der Waals surface area contributed by atoms with Crippen LogP contribution in [0.5, 0.6) is 0 Å². The van der Waals surface area contributed by atoms with E-state index in [0.29, 0.717) is 19.0 Å². The van der Waals surface area contributed by atoms with Gasteiger partial charge in [0, 0.05) is 26.3 Å². The second-order valence-corrected chi connectivity index (χ2v) is 5.29. The van der Waals surface area contributed by atoms with Crippen molar-refractivity contribution in [3.63, 3.8) is 0 Å². The fourth-order valence-corrected chi connectivity index (χ4v) is 2.68. The molecule has 1 aliphatic heterocycles. The maximum absolute atomic E-state index is 9.66. The third kappa shape index (κ3) is 4.28. The SMILES string of the molecule is CCOCc1nc(NC)cc(N2CCCCCC2CO)n1. The zero-order chi connectivity index (χ0) is 15.1. The lowest BCUT2D eigenvalue weighted by Gasteiger charge is -2.30. The standard InChI is InChI=1S/C15H26N4O2/c1-3-21-11-14-17-13(16-2)9-15(18-14)19-8-6-4-5-7-12(19)10-20/h9,12,20H,3-8,10-11H2,1-2H3,(H,16,17,18). The molecule has 1 fully saturated rings. The van der Waals surface area contributed by atoms with Gasteiger partial charge in [-0.15, -0.1) is 0 Å². The number of ether oxygens (including phenoxy) is 1. The van der Waals surface area contributed by atoms with Gasteiger partial charge in [0.1, 0.15) is 18.2 Å². The number of aromatic nitrogens is 2. The van der Waals surface area contributed by atoms with E-state index < -0.39 is 0 Å². The first-order valence-electron chi connectivity index (χ1n) is 7.79. The number of hydrogen-bond donors (Lipinski definition) is 2. The molecule has 2 heterocycles. The fraction of sp³-hybridized carbons (Fsp3) is 0.733. The van der Waals surface area contributed by atoms with Crippen molar-refractivity contribution in [3.8, 4) is 0 Å². The topological polar surface area (TPSA) is 70.5 Å². The first-order chi connectivity index (χ1) is 10.3. The molecule has 1 aromatic heterocycles. The van der Waals surface area contributed by atoms with Crippen molar-refractivity contribution < 1.29 is 9.84 Å². The Hall–Kier alpha value is -1.40. The van der Waals surface area contributed by atoms with Crippen LogP contribution >= 0.6 is 0 Å². The van der Waals surface area contributed by atoms with Gasteiger partial charge in [0.2, 0.25) is 0 Å². The molecule has 0 bridgehead atoms. The Morgan fingerprint density at radius 3 is 2.95 bits per heavy atom. The van der Waals surface area contributed by atoms with Crippen LogP contribution < -0.4 is 10.2 Å². The van der Waals surface area contributed by atoms with Gasteiger partial charge in [0.15, 0.2) is 5.82 Å². The molecule has 118 valence electrons. The highest BCUT2D eigenvalue weighted by molar-refractivity contribution is 5.50. The van der Waals surface area contributed by atoms with Crippen LogP contribution in [0.25, 0.3) is 0 Å². The minimum absolute atomic E-state index is 0.145. The van der Waals surface area contributed by atoms with E-state index in [9.17, 15) is 5.11 Å². The van der Waals surface area contributed by atoms with Crippen molar-refractivity contribution in [2.24, 2.45) is 0 Å². The van der Waals surface area contributed by atoms with E-state index in [4.69, 9.17) is 4.74 Å². The normalized spacial score (nSPS) is 19.4. The van der Waals surface area contributed by atoms with Crippen LogP contribution in [-0.4, -0.2) is 47.9 Å². The third-order valence-corrected chi connectivity index (χ3v) is 3.83. The molecule has 6 nitrogen and oxygen atoms in total. The maximum atomic E-state index is 9.66. The van der Waals surface area contributed by atoms with Gasteiger partial charge in [0.05, 0.1) is 12.6 Å². The van der Waals surface area contributed by atoms with E-state index in [1.807, 2.05) is 20.0 Å². The van der Waals surface area contributed by atoms with Crippen LogP contribution in [0.1, 0.15) is 38.4 Å². The van der Waals surface area contributed by atoms with Crippen LogP contribution in [0.15, 0.2) is 6.07 Å². The van der Waals surface area contributed by atoms with E-state index >= 15 is 0 Å². The summed E-state index contributed by atoms with van der Waals surface area (Å²) in [5, 5.41) is 12.7. The van der Waals surface area contributed by atoms with E-state index in [2.05, 4.69) is 20.2 Å². The molecule has 1 aliphatic rings. The number of anilines is 2. The average molecular weight is 294 g/mol. The van der Waals surface area contributed by atoms with Crippen LogP contribution in [-0.2, 0) is 11.3 Å². The molecule has 21 heavy (non-hydrogen) atoms. The molecule has 6 heteroatoms. The van der Waals surface area contributed by atoms with Gasteiger partial charge >= 0.3 is 0 Å². The molecule has 0 radical (unpaired) electrons. The molecular weight excluding hydrogens is 268 g/mol. The van der Waals surface area contributed by atoms with Gasteiger partial charge in [-0.2, -0.15) is 0 Å². The molecule has 0 aromatic carbocycles. The number of rotatable bonds is 6. The quantitative estimate of drug-likeness (QED) is 0.833. The Morgan fingerprint density at radius 2 is 2.24 bits per heavy atom. The average Bonchev–Trinajstić information content (AvgIpc) is 2.77. The molecule has 0 amide bonds. The molecule has 0 spiro atoms.